The largest absolute Gasteiger partial charge is 0.473 e. The van der Waals surface area contributed by atoms with Crippen molar-refractivity contribution in [3.63, 3.8) is 0 Å². The Kier molecular flexibility index (Phi) is 5.81. The molecule has 0 aliphatic heterocycles. The number of anilines is 1. The number of rotatable bonds is 7. The molecule has 1 N–H and O–H groups in total. The molecule has 0 saturated carbocycles. The highest BCUT2D eigenvalue weighted by atomic mass is 16.5. The molecule has 0 bridgehead atoms. The zero-order valence-corrected chi connectivity index (χ0v) is 11.4. The van der Waals surface area contributed by atoms with Crippen LogP contribution in [0.2, 0.25) is 0 Å². The average Bonchev–Trinajstić information content (AvgIpc) is 2.27. The van der Waals surface area contributed by atoms with Crippen molar-refractivity contribution in [2.75, 3.05) is 11.9 Å². The summed E-state index contributed by atoms with van der Waals surface area (Å²) in [6.07, 6.45) is 4.38. The van der Waals surface area contributed by atoms with Crippen molar-refractivity contribution in [1.82, 2.24) is 4.98 Å². The maximum Gasteiger partial charge on any atom is 0.237 e. The number of aromatic nitrogens is 1. The number of ether oxygens (including phenoxy) is 1. The molecule has 96 valence electrons. The van der Waals surface area contributed by atoms with Gasteiger partial charge in [-0.25, -0.2) is 4.98 Å². The van der Waals surface area contributed by atoms with Gasteiger partial charge >= 0.3 is 0 Å². The lowest BCUT2D eigenvalue weighted by molar-refractivity contribution is 0.234. The Morgan fingerprint density at radius 1 is 1.35 bits per heavy atom. The summed E-state index contributed by atoms with van der Waals surface area (Å²) in [6.45, 7) is 9.47. The fraction of sp³-hybridized carbons (Fsp3) is 0.643. The molecule has 0 aliphatic carbocycles. The molecule has 0 amide bonds. The Hall–Kier alpha value is -1.25. The molecule has 0 saturated heterocycles. The van der Waals surface area contributed by atoms with Crippen LogP contribution >= 0.6 is 0 Å². The van der Waals surface area contributed by atoms with Gasteiger partial charge in [-0.1, -0.05) is 20.3 Å². The van der Waals surface area contributed by atoms with Gasteiger partial charge in [-0.05, 0) is 38.3 Å². The second-order valence-corrected chi connectivity index (χ2v) is 4.80. The maximum absolute atomic E-state index is 5.66. The second kappa shape index (κ2) is 7.15. The first kappa shape index (κ1) is 13.8. The third-order valence-electron chi connectivity index (χ3n) is 2.54. The monoisotopic (exact) mass is 236 g/mol. The molecule has 1 rings (SSSR count). The summed E-state index contributed by atoms with van der Waals surface area (Å²) in [4.78, 5) is 4.26. The Labute approximate surface area is 105 Å². The van der Waals surface area contributed by atoms with E-state index in [1.165, 1.54) is 12.8 Å². The van der Waals surface area contributed by atoms with E-state index in [0.29, 0.717) is 11.8 Å². The molecule has 1 heterocycles. The molecule has 0 aliphatic rings. The minimum Gasteiger partial charge on any atom is -0.473 e. The van der Waals surface area contributed by atoms with Crippen LogP contribution in [0.1, 0.15) is 40.5 Å². The molecular formula is C14H24N2O. The number of pyridine rings is 1. The van der Waals surface area contributed by atoms with E-state index in [9.17, 15) is 0 Å². The molecule has 0 spiro atoms. The topological polar surface area (TPSA) is 34.2 Å². The first-order valence-electron chi connectivity index (χ1n) is 6.49. The molecule has 1 aromatic rings. The van der Waals surface area contributed by atoms with E-state index in [2.05, 4.69) is 24.1 Å². The molecule has 0 fully saturated rings. The zero-order valence-electron chi connectivity index (χ0n) is 11.4. The first-order valence-corrected chi connectivity index (χ1v) is 6.49. The number of nitrogens with zero attached hydrogens (tertiary/aromatic N) is 1. The average molecular weight is 236 g/mol. The van der Waals surface area contributed by atoms with Crippen LogP contribution in [0.4, 0.5) is 5.69 Å². The van der Waals surface area contributed by atoms with Gasteiger partial charge in [0, 0.05) is 12.7 Å². The summed E-state index contributed by atoms with van der Waals surface area (Å²) in [5, 5.41) is 3.42. The lowest BCUT2D eigenvalue weighted by Crippen LogP contribution is -2.14. The van der Waals surface area contributed by atoms with Gasteiger partial charge in [0.2, 0.25) is 5.88 Å². The third kappa shape index (κ3) is 5.07. The van der Waals surface area contributed by atoms with E-state index in [-0.39, 0.29) is 6.10 Å². The lowest BCUT2D eigenvalue weighted by Gasteiger charge is -2.16. The molecule has 0 aromatic carbocycles. The number of nitrogens with one attached hydrogen (secondary N) is 1. The molecule has 1 unspecified atom stereocenters. The summed E-state index contributed by atoms with van der Waals surface area (Å²) >= 11 is 0. The summed E-state index contributed by atoms with van der Waals surface area (Å²) in [5.74, 6) is 1.37. The van der Waals surface area contributed by atoms with Crippen molar-refractivity contribution in [2.24, 2.45) is 5.92 Å². The molecule has 0 radical (unpaired) electrons. The summed E-state index contributed by atoms with van der Waals surface area (Å²) in [6, 6.07) is 3.95. The van der Waals surface area contributed by atoms with Crippen molar-refractivity contribution >= 4 is 5.69 Å². The predicted octanol–water partition coefficient (Wildman–Crippen LogP) is 3.72. The van der Waals surface area contributed by atoms with E-state index >= 15 is 0 Å². The summed E-state index contributed by atoms with van der Waals surface area (Å²) < 4.78 is 5.66. The highest BCUT2D eigenvalue weighted by molar-refractivity contribution is 5.52. The molecule has 3 nitrogen and oxygen atoms in total. The summed E-state index contributed by atoms with van der Waals surface area (Å²) in [5.41, 5.74) is 0.990. The third-order valence-corrected chi connectivity index (χ3v) is 2.54. The van der Waals surface area contributed by atoms with Crippen molar-refractivity contribution < 1.29 is 4.74 Å². The molecular weight excluding hydrogens is 212 g/mol. The van der Waals surface area contributed by atoms with Crippen LogP contribution in [-0.2, 0) is 0 Å². The number of hydrogen-bond acceptors (Lipinski definition) is 3. The molecule has 1 aromatic heterocycles. The van der Waals surface area contributed by atoms with E-state index in [0.717, 1.165) is 12.2 Å². The Bertz CT molecular complexity index is 326. The van der Waals surface area contributed by atoms with Gasteiger partial charge in [0.25, 0.3) is 0 Å². The van der Waals surface area contributed by atoms with Crippen LogP contribution < -0.4 is 10.1 Å². The van der Waals surface area contributed by atoms with Gasteiger partial charge in [-0.2, -0.15) is 0 Å². The normalized spacial score (nSPS) is 12.5. The fourth-order valence-electron chi connectivity index (χ4n) is 1.72. The van der Waals surface area contributed by atoms with Crippen molar-refractivity contribution in [3.8, 4) is 5.88 Å². The van der Waals surface area contributed by atoms with Crippen molar-refractivity contribution in [3.05, 3.63) is 18.3 Å². The van der Waals surface area contributed by atoms with Gasteiger partial charge in [0.15, 0.2) is 0 Å². The highest BCUT2D eigenvalue weighted by Crippen LogP contribution is 2.22. The van der Waals surface area contributed by atoms with Crippen LogP contribution in [0.5, 0.6) is 5.88 Å². The smallest absolute Gasteiger partial charge is 0.237 e. The lowest BCUT2D eigenvalue weighted by atomic mass is 10.1. The minimum atomic E-state index is 0.151. The second-order valence-electron chi connectivity index (χ2n) is 4.80. The van der Waals surface area contributed by atoms with Gasteiger partial charge in [-0.15, -0.1) is 0 Å². The van der Waals surface area contributed by atoms with Gasteiger partial charge in [-0.3, -0.25) is 0 Å². The van der Waals surface area contributed by atoms with Crippen LogP contribution in [0, 0.1) is 5.92 Å². The first-order chi connectivity index (χ1) is 8.13. The maximum atomic E-state index is 5.66. The van der Waals surface area contributed by atoms with Gasteiger partial charge in [0.1, 0.15) is 0 Å². The molecule has 3 heteroatoms. The van der Waals surface area contributed by atoms with E-state index in [1.807, 2.05) is 26.0 Å². The zero-order chi connectivity index (χ0) is 12.7. The van der Waals surface area contributed by atoms with Gasteiger partial charge in [0.05, 0.1) is 11.8 Å². The fourth-order valence-corrected chi connectivity index (χ4v) is 1.72. The van der Waals surface area contributed by atoms with E-state index < -0.39 is 0 Å². The minimum absolute atomic E-state index is 0.151. The molecule has 1 atom stereocenters. The SMILES string of the molecule is CCCC(C)CNc1cccnc1OC(C)C. The van der Waals surface area contributed by atoms with Crippen LogP contribution in [0.3, 0.4) is 0 Å². The Morgan fingerprint density at radius 2 is 2.12 bits per heavy atom. The standard InChI is InChI=1S/C14H24N2O/c1-5-7-12(4)10-16-13-8-6-9-15-14(13)17-11(2)3/h6,8-9,11-12,16H,5,7,10H2,1-4H3. The quantitative estimate of drug-likeness (QED) is 0.783. The van der Waals surface area contributed by atoms with Crippen LogP contribution in [0.25, 0.3) is 0 Å². The van der Waals surface area contributed by atoms with Crippen molar-refractivity contribution in [2.45, 2.75) is 46.6 Å². The van der Waals surface area contributed by atoms with Crippen LogP contribution in [-0.4, -0.2) is 17.6 Å². The Morgan fingerprint density at radius 3 is 2.76 bits per heavy atom. The number of hydrogen-bond donors (Lipinski definition) is 1. The predicted molar refractivity (Wildman–Crippen MR) is 72.6 cm³/mol. The van der Waals surface area contributed by atoms with Crippen LogP contribution in [0.15, 0.2) is 18.3 Å². The summed E-state index contributed by atoms with van der Waals surface area (Å²) in [7, 11) is 0. The van der Waals surface area contributed by atoms with Gasteiger partial charge < -0.3 is 10.1 Å². The van der Waals surface area contributed by atoms with E-state index in [1.54, 1.807) is 6.20 Å². The van der Waals surface area contributed by atoms with Crippen molar-refractivity contribution in [1.29, 1.82) is 0 Å². The molecule has 17 heavy (non-hydrogen) atoms. The highest BCUT2D eigenvalue weighted by Gasteiger charge is 2.07. The van der Waals surface area contributed by atoms with E-state index in [4.69, 9.17) is 4.74 Å². The Balaban J connectivity index is 2.57.